The zero-order valence-corrected chi connectivity index (χ0v) is 16.5. The molecule has 1 N–H and O–H groups in total. The predicted molar refractivity (Wildman–Crippen MR) is 115 cm³/mol. The van der Waals surface area contributed by atoms with E-state index in [2.05, 4.69) is 15.4 Å². The van der Waals surface area contributed by atoms with Gasteiger partial charge >= 0.3 is 0 Å². The Bertz CT molecular complexity index is 1150. The highest BCUT2D eigenvalue weighted by atomic mass is 19.1. The number of anilines is 1. The maximum absolute atomic E-state index is 13.3. The third-order valence-corrected chi connectivity index (χ3v) is 4.77. The fourth-order valence-electron chi connectivity index (χ4n) is 3.30. The molecule has 150 valence electrons. The van der Waals surface area contributed by atoms with Crippen LogP contribution in [0.25, 0.3) is 22.4 Å². The lowest BCUT2D eigenvalue weighted by molar-refractivity contribution is -0.116. The van der Waals surface area contributed by atoms with Crippen molar-refractivity contribution in [3.05, 3.63) is 90.5 Å². The van der Waals surface area contributed by atoms with Crippen molar-refractivity contribution in [2.24, 2.45) is 7.05 Å². The summed E-state index contributed by atoms with van der Waals surface area (Å²) in [5, 5.41) is 7.40. The smallest absolute Gasteiger partial charge is 0.225 e. The minimum Gasteiger partial charge on any atom is -0.311 e. The quantitative estimate of drug-likeness (QED) is 0.503. The highest BCUT2D eigenvalue weighted by molar-refractivity contribution is 5.91. The van der Waals surface area contributed by atoms with Crippen LogP contribution >= 0.6 is 0 Å². The lowest BCUT2D eigenvalue weighted by atomic mass is 10.0. The largest absolute Gasteiger partial charge is 0.311 e. The summed E-state index contributed by atoms with van der Waals surface area (Å²) in [5.41, 5.74) is 4.43. The van der Waals surface area contributed by atoms with E-state index < -0.39 is 0 Å². The van der Waals surface area contributed by atoms with Gasteiger partial charge in [0.15, 0.2) is 0 Å². The Morgan fingerprint density at radius 3 is 2.57 bits per heavy atom. The van der Waals surface area contributed by atoms with Crippen molar-refractivity contribution in [3.8, 4) is 22.4 Å². The molecule has 0 atom stereocenters. The fraction of sp³-hybridized carbons (Fsp3) is 0.125. The van der Waals surface area contributed by atoms with Gasteiger partial charge in [0, 0.05) is 37.0 Å². The summed E-state index contributed by atoms with van der Waals surface area (Å²) in [4.78, 5) is 16.6. The molecule has 0 unspecified atom stereocenters. The van der Waals surface area contributed by atoms with Crippen molar-refractivity contribution in [2.75, 3.05) is 5.32 Å². The Kier molecular flexibility index (Phi) is 5.66. The molecule has 0 spiro atoms. The number of hydrogen-bond acceptors (Lipinski definition) is 3. The van der Waals surface area contributed by atoms with E-state index in [4.69, 9.17) is 0 Å². The molecule has 0 aliphatic carbocycles. The Balaban J connectivity index is 1.52. The first kappa shape index (κ1) is 19.5. The lowest BCUT2D eigenvalue weighted by Gasteiger charge is -2.07. The van der Waals surface area contributed by atoms with Crippen LogP contribution in [0.4, 0.5) is 10.2 Å². The topological polar surface area (TPSA) is 59.8 Å². The number of nitrogens with zero attached hydrogens (tertiary/aromatic N) is 3. The number of carbonyl (C=O) groups is 1. The van der Waals surface area contributed by atoms with E-state index in [1.807, 2.05) is 55.7 Å². The van der Waals surface area contributed by atoms with E-state index >= 15 is 0 Å². The van der Waals surface area contributed by atoms with Crippen LogP contribution in [-0.4, -0.2) is 20.7 Å². The first-order valence-electron chi connectivity index (χ1n) is 9.68. The van der Waals surface area contributed by atoms with Crippen LogP contribution in [0.1, 0.15) is 12.0 Å². The van der Waals surface area contributed by atoms with Crippen LogP contribution in [-0.2, 0) is 18.3 Å². The standard InChI is InChI=1S/C24H21FN4O/c1-29-16-21(24(28-29)18-8-10-20(25)11-9-18)19-13-14-26-22(15-19)27-23(30)12-7-17-5-3-2-4-6-17/h2-6,8-11,13-16H,7,12H2,1H3,(H,26,27,30). The van der Waals surface area contributed by atoms with Gasteiger partial charge in [-0.2, -0.15) is 5.10 Å². The van der Waals surface area contributed by atoms with Gasteiger partial charge in [-0.1, -0.05) is 30.3 Å². The molecule has 0 radical (unpaired) electrons. The third-order valence-electron chi connectivity index (χ3n) is 4.77. The number of aryl methyl sites for hydroxylation is 2. The number of nitrogens with one attached hydrogen (secondary N) is 1. The van der Waals surface area contributed by atoms with Crippen molar-refractivity contribution in [2.45, 2.75) is 12.8 Å². The van der Waals surface area contributed by atoms with Crippen LogP contribution < -0.4 is 5.32 Å². The van der Waals surface area contributed by atoms with Gasteiger partial charge in [-0.15, -0.1) is 0 Å². The van der Waals surface area contributed by atoms with Gasteiger partial charge in [0.25, 0.3) is 0 Å². The molecular weight excluding hydrogens is 379 g/mol. The molecule has 6 heteroatoms. The van der Waals surface area contributed by atoms with Crippen LogP contribution in [0.15, 0.2) is 79.1 Å². The number of halogens is 1. The molecule has 0 aliphatic rings. The molecular formula is C24H21FN4O. The lowest BCUT2D eigenvalue weighted by Crippen LogP contribution is -2.13. The van der Waals surface area contributed by atoms with Gasteiger partial charge < -0.3 is 5.32 Å². The van der Waals surface area contributed by atoms with Crippen LogP contribution in [0.5, 0.6) is 0 Å². The number of rotatable bonds is 6. The molecule has 2 aromatic carbocycles. The molecule has 0 saturated carbocycles. The fourth-order valence-corrected chi connectivity index (χ4v) is 3.30. The molecule has 4 rings (SSSR count). The number of hydrogen-bond donors (Lipinski definition) is 1. The highest BCUT2D eigenvalue weighted by Crippen LogP contribution is 2.31. The Hall–Kier alpha value is -3.80. The van der Waals surface area contributed by atoms with Gasteiger partial charge in [-0.3, -0.25) is 9.48 Å². The minimum atomic E-state index is -0.291. The molecule has 0 saturated heterocycles. The van der Waals surface area contributed by atoms with E-state index in [1.54, 1.807) is 23.0 Å². The summed E-state index contributed by atoms with van der Waals surface area (Å²) in [6.45, 7) is 0. The summed E-state index contributed by atoms with van der Waals surface area (Å²) >= 11 is 0. The van der Waals surface area contributed by atoms with Crippen LogP contribution in [0.2, 0.25) is 0 Å². The van der Waals surface area contributed by atoms with Crippen molar-refractivity contribution >= 4 is 11.7 Å². The van der Waals surface area contributed by atoms with Gasteiger partial charge in [-0.05, 0) is 53.9 Å². The summed E-state index contributed by atoms with van der Waals surface area (Å²) in [6.07, 6.45) is 4.60. The summed E-state index contributed by atoms with van der Waals surface area (Å²) in [5.74, 6) is 0.105. The molecule has 0 aliphatic heterocycles. The molecule has 1 amide bonds. The Morgan fingerprint density at radius 1 is 1.03 bits per heavy atom. The second-order valence-electron chi connectivity index (χ2n) is 7.04. The number of aromatic nitrogens is 3. The van der Waals surface area contributed by atoms with E-state index in [-0.39, 0.29) is 11.7 Å². The normalized spacial score (nSPS) is 10.7. The summed E-state index contributed by atoms with van der Waals surface area (Å²) < 4.78 is 15.0. The Labute approximate surface area is 174 Å². The SMILES string of the molecule is Cn1cc(-c2ccnc(NC(=O)CCc3ccccc3)c2)c(-c2ccc(F)cc2)n1. The van der Waals surface area contributed by atoms with Gasteiger partial charge in [0.1, 0.15) is 17.3 Å². The molecule has 0 bridgehead atoms. The summed E-state index contributed by atoms with van der Waals surface area (Å²) in [7, 11) is 1.84. The molecule has 2 heterocycles. The van der Waals surface area contributed by atoms with Crippen molar-refractivity contribution in [3.63, 3.8) is 0 Å². The number of pyridine rings is 1. The van der Waals surface area contributed by atoms with E-state index in [0.717, 1.165) is 27.9 Å². The van der Waals surface area contributed by atoms with Crippen LogP contribution in [0.3, 0.4) is 0 Å². The molecule has 5 nitrogen and oxygen atoms in total. The average molecular weight is 400 g/mol. The van der Waals surface area contributed by atoms with Crippen LogP contribution in [0, 0.1) is 5.82 Å². The highest BCUT2D eigenvalue weighted by Gasteiger charge is 2.14. The first-order valence-corrected chi connectivity index (χ1v) is 9.68. The molecule has 4 aromatic rings. The predicted octanol–water partition coefficient (Wildman–Crippen LogP) is 4.86. The molecule has 2 aromatic heterocycles. The van der Waals surface area contributed by atoms with Crippen molar-refractivity contribution in [1.82, 2.24) is 14.8 Å². The average Bonchev–Trinajstić information content (AvgIpc) is 3.15. The third kappa shape index (κ3) is 4.60. The second-order valence-corrected chi connectivity index (χ2v) is 7.04. The number of amides is 1. The van der Waals surface area contributed by atoms with Gasteiger partial charge in [-0.25, -0.2) is 9.37 Å². The number of carbonyl (C=O) groups excluding carboxylic acids is 1. The maximum atomic E-state index is 13.3. The zero-order valence-electron chi connectivity index (χ0n) is 16.5. The minimum absolute atomic E-state index is 0.0894. The van der Waals surface area contributed by atoms with Gasteiger partial charge in [0.2, 0.25) is 5.91 Å². The first-order chi connectivity index (χ1) is 14.6. The monoisotopic (exact) mass is 400 g/mol. The van der Waals surface area contributed by atoms with E-state index in [9.17, 15) is 9.18 Å². The summed E-state index contributed by atoms with van der Waals surface area (Å²) in [6, 6.07) is 19.8. The maximum Gasteiger partial charge on any atom is 0.225 e. The molecule has 30 heavy (non-hydrogen) atoms. The Morgan fingerprint density at radius 2 is 1.80 bits per heavy atom. The van der Waals surface area contributed by atoms with Crippen molar-refractivity contribution in [1.29, 1.82) is 0 Å². The molecule has 0 fully saturated rings. The second kappa shape index (κ2) is 8.69. The van der Waals surface area contributed by atoms with Gasteiger partial charge in [0.05, 0.1) is 0 Å². The number of benzene rings is 2. The zero-order chi connectivity index (χ0) is 20.9. The van der Waals surface area contributed by atoms with E-state index in [0.29, 0.717) is 18.7 Å². The van der Waals surface area contributed by atoms with E-state index in [1.165, 1.54) is 12.1 Å². The van der Waals surface area contributed by atoms with Crippen molar-refractivity contribution < 1.29 is 9.18 Å².